The predicted octanol–water partition coefficient (Wildman–Crippen LogP) is 2.73. The molecule has 0 heterocycles. The molecule has 0 aliphatic carbocycles. The van der Waals surface area contributed by atoms with Crippen molar-refractivity contribution in [3.05, 3.63) is 54.1 Å². The van der Waals surface area contributed by atoms with E-state index >= 15 is 0 Å². The van der Waals surface area contributed by atoms with Crippen molar-refractivity contribution in [1.82, 2.24) is 14.7 Å². The molecule has 9 heteroatoms. The van der Waals surface area contributed by atoms with Crippen LogP contribution in [0, 0.1) is 5.92 Å². The van der Waals surface area contributed by atoms with Gasteiger partial charge < -0.3 is 9.64 Å². The Balaban J connectivity index is 2.12. The molecule has 8 nitrogen and oxygen atoms in total. The number of nitrogens with one attached hydrogen (secondary N) is 1. The number of likely N-dealkylation sites (N-methyl/N-ethyl adjacent to an activating group) is 2. The second-order valence-electron chi connectivity index (χ2n) is 7.96. The number of ether oxygens (including phenoxy) is 1. The lowest BCUT2D eigenvalue weighted by Gasteiger charge is -2.28. The van der Waals surface area contributed by atoms with E-state index in [4.69, 9.17) is 9.94 Å². The summed E-state index contributed by atoms with van der Waals surface area (Å²) in [5.74, 6) is 0.0299. The lowest BCUT2D eigenvalue weighted by molar-refractivity contribution is -0.134. The highest BCUT2D eigenvalue weighted by atomic mass is 32.2. The smallest absolute Gasteiger partial charge is 0.262 e. The molecular weight excluding hydrogens is 418 g/mol. The number of carbonyl (C=O) groups excluding carboxylic acids is 1. The molecule has 1 atom stereocenters. The number of hydrogen-bond acceptors (Lipinski definition) is 6. The number of hydrogen-bond donors (Lipinski definition) is 2. The highest BCUT2D eigenvalue weighted by Gasteiger charge is 2.35. The summed E-state index contributed by atoms with van der Waals surface area (Å²) in [5.41, 5.74) is 2.74. The third-order valence-corrected chi connectivity index (χ3v) is 6.76. The van der Waals surface area contributed by atoms with Crippen molar-refractivity contribution in [1.29, 1.82) is 0 Å². The van der Waals surface area contributed by atoms with Gasteiger partial charge in [0.05, 0.1) is 4.90 Å². The fourth-order valence-electron chi connectivity index (χ4n) is 3.16. The van der Waals surface area contributed by atoms with Crippen LogP contribution in [0.25, 0.3) is 0 Å². The molecule has 2 N–H and O–H groups in total. The van der Waals surface area contributed by atoms with Crippen LogP contribution < -0.4 is 10.2 Å². The Morgan fingerprint density at radius 2 is 1.52 bits per heavy atom. The van der Waals surface area contributed by atoms with Crippen LogP contribution >= 0.6 is 0 Å². The van der Waals surface area contributed by atoms with Crippen LogP contribution in [0.4, 0.5) is 0 Å². The maximum absolute atomic E-state index is 12.9. The van der Waals surface area contributed by atoms with Gasteiger partial charge >= 0.3 is 0 Å². The van der Waals surface area contributed by atoms with Gasteiger partial charge in [0.1, 0.15) is 17.5 Å². The number of carbonyl (C=O) groups is 1. The number of nitrogens with zero attached hydrogens (tertiary/aromatic N) is 2. The van der Waals surface area contributed by atoms with Crippen LogP contribution in [0.15, 0.2) is 53.4 Å². The highest BCUT2D eigenvalue weighted by Crippen LogP contribution is 2.26. The largest absolute Gasteiger partial charge is 0.457 e. The molecule has 2 rings (SSSR count). The first-order valence-electron chi connectivity index (χ1n) is 10.00. The normalized spacial score (nSPS) is 12.9. The van der Waals surface area contributed by atoms with Gasteiger partial charge in [0.15, 0.2) is 0 Å². The average Bonchev–Trinajstić information content (AvgIpc) is 2.73. The lowest BCUT2D eigenvalue weighted by Crippen LogP contribution is -2.49. The molecule has 2 aromatic rings. The standard InChI is InChI=1S/C22H31N3O5S/c1-16(2)21(22(26)23-27)25(5)31(28,29)20-12-10-19(11-13-20)30-18-8-6-17(7-9-18)14-15-24(3)4/h6-13,16,21,27H,14-15H2,1-5H3,(H,23,26). The zero-order valence-corrected chi connectivity index (χ0v) is 19.4. The fraction of sp³-hybridized carbons (Fsp3) is 0.409. The molecule has 0 fully saturated rings. The summed E-state index contributed by atoms with van der Waals surface area (Å²) >= 11 is 0. The van der Waals surface area contributed by atoms with E-state index in [0.717, 1.165) is 17.3 Å². The topological polar surface area (TPSA) is 99.2 Å². The number of amides is 1. The quantitative estimate of drug-likeness (QED) is 0.427. The second-order valence-corrected chi connectivity index (χ2v) is 9.95. The zero-order valence-electron chi connectivity index (χ0n) is 18.6. The summed E-state index contributed by atoms with van der Waals surface area (Å²) < 4.78 is 32.6. The first-order chi connectivity index (χ1) is 14.6. The van der Waals surface area contributed by atoms with Crippen molar-refractivity contribution in [2.45, 2.75) is 31.2 Å². The number of benzene rings is 2. The van der Waals surface area contributed by atoms with E-state index < -0.39 is 22.0 Å². The molecule has 0 aromatic heterocycles. The van der Waals surface area contributed by atoms with Crippen LogP contribution in [0.1, 0.15) is 19.4 Å². The van der Waals surface area contributed by atoms with Gasteiger partial charge in [0.2, 0.25) is 10.0 Å². The minimum Gasteiger partial charge on any atom is -0.457 e. The number of rotatable bonds is 10. The summed E-state index contributed by atoms with van der Waals surface area (Å²) in [5, 5.41) is 8.95. The van der Waals surface area contributed by atoms with Gasteiger partial charge in [-0.3, -0.25) is 10.0 Å². The Hall–Kier alpha value is -2.46. The first kappa shape index (κ1) is 24.8. The molecule has 0 bridgehead atoms. The van der Waals surface area contributed by atoms with Crippen molar-refractivity contribution in [2.75, 3.05) is 27.7 Å². The van der Waals surface area contributed by atoms with Crippen LogP contribution in [0.5, 0.6) is 11.5 Å². The molecule has 170 valence electrons. The summed E-state index contributed by atoms with van der Waals surface area (Å²) in [6.07, 6.45) is 0.943. The molecule has 0 radical (unpaired) electrons. The van der Waals surface area contributed by atoms with Gasteiger partial charge in [-0.15, -0.1) is 0 Å². The minimum atomic E-state index is -3.95. The molecule has 1 unspecified atom stereocenters. The monoisotopic (exact) mass is 449 g/mol. The number of hydroxylamine groups is 1. The first-order valence-corrected chi connectivity index (χ1v) is 11.4. The minimum absolute atomic E-state index is 0.0257. The van der Waals surface area contributed by atoms with Crippen molar-refractivity contribution >= 4 is 15.9 Å². The molecule has 0 aliphatic heterocycles. The summed E-state index contributed by atoms with van der Waals surface area (Å²) in [7, 11) is 1.43. The van der Waals surface area contributed by atoms with E-state index in [-0.39, 0.29) is 10.8 Å². The molecular formula is C22H31N3O5S. The maximum atomic E-state index is 12.9. The van der Waals surface area contributed by atoms with E-state index in [0.29, 0.717) is 11.5 Å². The maximum Gasteiger partial charge on any atom is 0.262 e. The summed E-state index contributed by atoms with van der Waals surface area (Å²) in [4.78, 5) is 14.1. The van der Waals surface area contributed by atoms with Gasteiger partial charge in [-0.2, -0.15) is 4.31 Å². The Labute approximate surface area is 184 Å². The van der Waals surface area contributed by atoms with Crippen LogP contribution in [-0.4, -0.2) is 62.5 Å². The molecule has 31 heavy (non-hydrogen) atoms. The molecule has 2 aromatic carbocycles. The third kappa shape index (κ3) is 6.51. The van der Waals surface area contributed by atoms with Gasteiger partial charge in [0, 0.05) is 13.6 Å². The van der Waals surface area contributed by atoms with Crippen LogP contribution in [0.3, 0.4) is 0 Å². The van der Waals surface area contributed by atoms with E-state index in [2.05, 4.69) is 4.90 Å². The van der Waals surface area contributed by atoms with E-state index in [9.17, 15) is 13.2 Å². The summed E-state index contributed by atoms with van der Waals surface area (Å²) in [6, 6.07) is 12.7. The Bertz CT molecular complexity index is 958. The lowest BCUT2D eigenvalue weighted by atomic mass is 10.0. The van der Waals surface area contributed by atoms with E-state index in [1.165, 1.54) is 30.2 Å². The Morgan fingerprint density at radius 1 is 1.00 bits per heavy atom. The number of sulfonamides is 1. The SMILES string of the molecule is CC(C)C(C(=O)NO)N(C)S(=O)(=O)c1ccc(Oc2ccc(CCN(C)C)cc2)cc1. The van der Waals surface area contributed by atoms with Crippen molar-refractivity contribution in [3.8, 4) is 11.5 Å². The van der Waals surface area contributed by atoms with Crippen LogP contribution in [0.2, 0.25) is 0 Å². The van der Waals surface area contributed by atoms with E-state index in [1.807, 2.05) is 38.4 Å². The van der Waals surface area contributed by atoms with Crippen molar-refractivity contribution in [2.24, 2.45) is 5.92 Å². The third-order valence-electron chi connectivity index (χ3n) is 4.91. The highest BCUT2D eigenvalue weighted by molar-refractivity contribution is 7.89. The Morgan fingerprint density at radius 3 is 1.97 bits per heavy atom. The van der Waals surface area contributed by atoms with Crippen molar-refractivity contribution < 1.29 is 23.2 Å². The van der Waals surface area contributed by atoms with Gasteiger partial charge in [-0.1, -0.05) is 26.0 Å². The average molecular weight is 450 g/mol. The Kier molecular flexibility index (Phi) is 8.58. The fourth-order valence-corrected chi connectivity index (χ4v) is 4.61. The van der Waals surface area contributed by atoms with E-state index in [1.54, 1.807) is 26.0 Å². The molecule has 0 saturated heterocycles. The second kappa shape index (κ2) is 10.7. The molecule has 1 amide bonds. The van der Waals surface area contributed by atoms with Gasteiger partial charge in [-0.25, -0.2) is 13.9 Å². The molecule has 0 saturated carbocycles. The summed E-state index contributed by atoms with van der Waals surface area (Å²) in [6.45, 7) is 4.37. The molecule has 0 aliphatic rings. The molecule has 0 spiro atoms. The van der Waals surface area contributed by atoms with Crippen molar-refractivity contribution in [3.63, 3.8) is 0 Å². The van der Waals surface area contributed by atoms with Gasteiger partial charge in [-0.05, 0) is 68.4 Å². The zero-order chi connectivity index (χ0) is 23.2. The van der Waals surface area contributed by atoms with Crippen LogP contribution in [-0.2, 0) is 21.2 Å². The van der Waals surface area contributed by atoms with Gasteiger partial charge in [0.25, 0.3) is 5.91 Å². The predicted molar refractivity (Wildman–Crippen MR) is 119 cm³/mol.